The van der Waals surface area contributed by atoms with Crippen LogP contribution in [0.25, 0.3) is 0 Å². The molecule has 2 aromatic rings. The summed E-state index contributed by atoms with van der Waals surface area (Å²) in [7, 11) is 0. The second kappa shape index (κ2) is 6.48. The number of carbonyl (C=O) groups excluding carboxylic acids is 1. The van der Waals surface area contributed by atoms with Crippen LogP contribution in [0.5, 0.6) is 0 Å². The molecule has 2 nitrogen and oxygen atoms in total. The molecule has 1 amide bonds. The summed E-state index contributed by atoms with van der Waals surface area (Å²) in [4.78, 5) is 11.8. The molecule has 2 aromatic carbocycles. The van der Waals surface area contributed by atoms with Crippen LogP contribution in [-0.4, -0.2) is 5.91 Å². The first-order valence-electron chi connectivity index (χ1n) is 5.97. The Kier molecular flexibility index (Phi) is 4.69. The average molecular weight is 296 g/mol. The van der Waals surface area contributed by atoms with Gasteiger partial charge in [0.15, 0.2) is 0 Å². The van der Waals surface area contributed by atoms with Crippen molar-refractivity contribution in [2.45, 2.75) is 12.4 Å². The highest BCUT2D eigenvalue weighted by Crippen LogP contribution is 2.10. The molecule has 0 atom stereocenters. The third kappa shape index (κ3) is 3.54. The molecule has 0 aliphatic heterocycles. The van der Waals surface area contributed by atoms with Gasteiger partial charge in [-0.3, -0.25) is 4.79 Å². The quantitative estimate of drug-likeness (QED) is 0.857. The van der Waals surface area contributed by atoms with Gasteiger partial charge in [0.25, 0.3) is 5.91 Å². The van der Waals surface area contributed by atoms with Crippen molar-refractivity contribution in [3.63, 3.8) is 0 Å². The van der Waals surface area contributed by atoms with Gasteiger partial charge in [-0.05, 0) is 29.3 Å². The molecular weight excluding hydrogens is 284 g/mol. The predicted octanol–water partition coefficient (Wildman–Crippen LogP) is 3.63. The van der Waals surface area contributed by atoms with E-state index in [-0.39, 0.29) is 12.1 Å². The Morgan fingerprint density at radius 1 is 1.05 bits per heavy atom. The van der Waals surface area contributed by atoms with E-state index in [1.165, 1.54) is 0 Å². The van der Waals surface area contributed by atoms with Crippen molar-refractivity contribution >= 4 is 17.5 Å². The molecule has 0 aromatic heterocycles. The van der Waals surface area contributed by atoms with Gasteiger partial charge in [-0.25, -0.2) is 8.78 Å². The van der Waals surface area contributed by atoms with Crippen molar-refractivity contribution in [1.82, 2.24) is 5.32 Å². The molecule has 5 heteroatoms. The van der Waals surface area contributed by atoms with Crippen LogP contribution in [0, 0.1) is 11.6 Å². The summed E-state index contributed by atoms with van der Waals surface area (Å²) in [6.45, 7) is 0.233. The summed E-state index contributed by atoms with van der Waals surface area (Å²) in [5, 5.41) is 2.54. The molecule has 0 aliphatic rings. The van der Waals surface area contributed by atoms with Crippen molar-refractivity contribution < 1.29 is 13.6 Å². The molecule has 0 fully saturated rings. The lowest BCUT2D eigenvalue weighted by molar-refractivity contribution is 0.0946. The van der Waals surface area contributed by atoms with E-state index < -0.39 is 17.5 Å². The topological polar surface area (TPSA) is 29.1 Å². The maximum absolute atomic E-state index is 13.4. The number of alkyl halides is 1. The van der Waals surface area contributed by atoms with Gasteiger partial charge in [-0.2, -0.15) is 0 Å². The Labute approximate surface area is 120 Å². The van der Waals surface area contributed by atoms with Crippen LogP contribution in [0.4, 0.5) is 8.78 Å². The minimum absolute atomic E-state index is 0.233. The van der Waals surface area contributed by atoms with E-state index in [2.05, 4.69) is 5.32 Å². The van der Waals surface area contributed by atoms with Gasteiger partial charge in [-0.1, -0.05) is 24.3 Å². The second-order valence-corrected chi connectivity index (χ2v) is 4.52. The summed E-state index contributed by atoms with van der Waals surface area (Å²) < 4.78 is 26.4. The molecule has 0 spiro atoms. The zero-order valence-electron chi connectivity index (χ0n) is 10.5. The van der Waals surface area contributed by atoms with E-state index in [9.17, 15) is 13.6 Å². The van der Waals surface area contributed by atoms with Crippen molar-refractivity contribution in [3.05, 3.63) is 70.8 Å². The molecule has 0 saturated heterocycles. The van der Waals surface area contributed by atoms with Gasteiger partial charge in [0, 0.05) is 12.4 Å². The molecule has 20 heavy (non-hydrogen) atoms. The number of rotatable bonds is 4. The summed E-state index contributed by atoms with van der Waals surface area (Å²) in [6.07, 6.45) is 0. The SMILES string of the molecule is O=C(NCc1ccc(CCl)cc1)c1cc(F)ccc1F. The minimum Gasteiger partial charge on any atom is -0.348 e. The van der Waals surface area contributed by atoms with Gasteiger partial charge in [0.05, 0.1) is 5.56 Å². The monoisotopic (exact) mass is 295 g/mol. The lowest BCUT2D eigenvalue weighted by atomic mass is 10.1. The van der Waals surface area contributed by atoms with E-state index in [1.807, 2.05) is 24.3 Å². The fraction of sp³-hybridized carbons (Fsp3) is 0.133. The highest BCUT2D eigenvalue weighted by molar-refractivity contribution is 6.17. The summed E-state index contributed by atoms with van der Waals surface area (Å²) >= 11 is 5.67. The van der Waals surface area contributed by atoms with E-state index >= 15 is 0 Å². The highest BCUT2D eigenvalue weighted by Gasteiger charge is 2.12. The van der Waals surface area contributed by atoms with Gasteiger partial charge in [0.1, 0.15) is 11.6 Å². The number of hydrogen-bond acceptors (Lipinski definition) is 1. The van der Waals surface area contributed by atoms with Gasteiger partial charge < -0.3 is 5.32 Å². The van der Waals surface area contributed by atoms with Crippen molar-refractivity contribution in [2.24, 2.45) is 0 Å². The fourth-order valence-corrected chi connectivity index (χ4v) is 1.87. The zero-order chi connectivity index (χ0) is 14.5. The molecule has 0 saturated carbocycles. The van der Waals surface area contributed by atoms with Crippen LogP contribution < -0.4 is 5.32 Å². The summed E-state index contributed by atoms with van der Waals surface area (Å²) in [5.74, 6) is -1.63. The van der Waals surface area contributed by atoms with E-state index in [4.69, 9.17) is 11.6 Å². The maximum Gasteiger partial charge on any atom is 0.254 e. The lowest BCUT2D eigenvalue weighted by Crippen LogP contribution is -2.24. The number of amides is 1. The Morgan fingerprint density at radius 2 is 1.70 bits per heavy atom. The Balaban J connectivity index is 2.02. The van der Waals surface area contributed by atoms with Gasteiger partial charge >= 0.3 is 0 Å². The van der Waals surface area contributed by atoms with Gasteiger partial charge in [-0.15, -0.1) is 11.6 Å². The second-order valence-electron chi connectivity index (χ2n) is 4.26. The van der Waals surface area contributed by atoms with Crippen LogP contribution in [0.15, 0.2) is 42.5 Å². The van der Waals surface area contributed by atoms with Crippen LogP contribution in [0.1, 0.15) is 21.5 Å². The smallest absolute Gasteiger partial charge is 0.254 e. The predicted molar refractivity (Wildman–Crippen MR) is 73.5 cm³/mol. The molecule has 104 valence electrons. The molecule has 0 bridgehead atoms. The third-order valence-electron chi connectivity index (χ3n) is 2.80. The van der Waals surface area contributed by atoms with E-state index in [0.29, 0.717) is 5.88 Å². The maximum atomic E-state index is 13.4. The largest absolute Gasteiger partial charge is 0.348 e. The summed E-state index contributed by atoms with van der Waals surface area (Å²) in [5.41, 5.74) is 1.52. The fourth-order valence-electron chi connectivity index (χ4n) is 1.70. The van der Waals surface area contributed by atoms with Crippen molar-refractivity contribution in [3.8, 4) is 0 Å². The molecule has 0 unspecified atom stereocenters. The lowest BCUT2D eigenvalue weighted by Gasteiger charge is -2.07. The first kappa shape index (κ1) is 14.5. The Hall–Kier alpha value is -1.94. The van der Waals surface area contributed by atoms with Crippen LogP contribution >= 0.6 is 11.6 Å². The van der Waals surface area contributed by atoms with Crippen LogP contribution in [-0.2, 0) is 12.4 Å². The molecular formula is C15H12ClF2NO. The van der Waals surface area contributed by atoms with Crippen LogP contribution in [0.2, 0.25) is 0 Å². The molecule has 0 aliphatic carbocycles. The molecule has 2 rings (SSSR count). The average Bonchev–Trinajstić information content (AvgIpc) is 2.47. The standard InChI is InChI=1S/C15H12ClF2NO/c16-8-10-1-3-11(4-2-10)9-19-15(20)13-7-12(17)5-6-14(13)18/h1-7H,8-9H2,(H,19,20). The van der Waals surface area contributed by atoms with E-state index in [1.54, 1.807) is 0 Å². The Bertz CT molecular complexity index is 614. The number of nitrogens with one attached hydrogen (secondary N) is 1. The Morgan fingerprint density at radius 3 is 2.35 bits per heavy atom. The number of halogens is 3. The molecule has 0 heterocycles. The first-order chi connectivity index (χ1) is 9.60. The molecule has 1 N–H and O–H groups in total. The van der Waals surface area contributed by atoms with Crippen molar-refractivity contribution in [2.75, 3.05) is 0 Å². The molecule has 0 radical (unpaired) electrons. The zero-order valence-corrected chi connectivity index (χ0v) is 11.3. The highest BCUT2D eigenvalue weighted by atomic mass is 35.5. The van der Waals surface area contributed by atoms with Gasteiger partial charge in [0.2, 0.25) is 0 Å². The van der Waals surface area contributed by atoms with E-state index in [0.717, 1.165) is 29.3 Å². The number of carbonyl (C=O) groups is 1. The van der Waals surface area contributed by atoms with Crippen molar-refractivity contribution in [1.29, 1.82) is 0 Å². The minimum atomic E-state index is -0.749. The van der Waals surface area contributed by atoms with Crippen LogP contribution in [0.3, 0.4) is 0 Å². The normalized spacial score (nSPS) is 10.3. The first-order valence-corrected chi connectivity index (χ1v) is 6.50. The summed E-state index contributed by atoms with van der Waals surface area (Å²) in [6, 6.07) is 10.1. The third-order valence-corrected chi connectivity index (χ3v) is 3.11. The number of hydrogen-bond donors (Lipinski definition) is 1. The number of benzene rings is 2.